The molecular formula is C14H20O3. The zero-order valence-electron chi connectivity index (χ0n) is 10.9. The predicted octanol–water partition coefficient (Wildman–Crippen LogP) is 2.49. The highest BCUT2D eigenvalue weighted by Gasteiger charge is 2.25. The molecule has 1 N–H and O–H groups in total. The van der Waals surface area contributed by atoms with Crippen LogP contribution in [-0.2, 0) is 11.3 Å². The number of benzene rings is 1. The fourth-order valence-electron chi connectivity index (χ4n) is 1.56. The number of carbonyl (C=O) groups excluding carboxylic acids is 1. The van der Waals surface area contributed by atoms with Gasteiger partial charge in [0.25, 0.3) is 0 Å². The maximum atomic E-state index is 11.9. The molecule has 0 heterocycles. The third kappa shape index (κ3) is 3.65. The van der Waals surface area contributed by atoms with Crippen molar-refractivity contribution in [1.82, 2.24) is 0 Å². The molecule has 1 aromatic rings. The van der Waals surface area contributed by atoms with E-state index in [1.165, 1.54) is 13.8 Å². The molecule has 3 heteroatoms. The summed E-state index contributed by atoms with van der Waals surface area (Å²) < 4.78 is 5.33. The van der Waals surface area contributed by atoms with E-state index in [0.29, 0.717) is 18.8 Å². The number of ether oxygens (including phenoxy) is 1. The molecule has 0 aliphatic heterocycles. The minimum atomic E-state index is -1.33. The van der Waals surface area contributed by atoms with Crippen molar-refractivity contribution in [2.24, 2.45) is 0 Å². The SMILES string of the molecule is CCOCc1ccc(C(=O)C(C)(C)O)cc1C. The van der Waals surface area contributed by atoms with Gasteiger partial charge in [-0.1, -0.05) is 12.1 Å². The van der Waals surface area contributed by atoms with Crippen molar-refractivity contribution in [1.29, 1.82) is 0 Å². The van der Waals surface area contributed by atoms with Crippen LogP contribution in [0.4, 0.5) is 0 Å². The van der Waals surface area contributed by atoms with Gasteiger partial charge in [-0.25, -0.2) is 0 Å². The molecule has 0 unspecified atom stereocenters. The maximum absolute atomic E-state index is 11.9. The van der Waals surface area contributed by atoms with Gasteiger partial charge in [0.15, 0.2) is 5.78 Å². The Morgan fingerprint density at radius 2 is 2.06 bits per heavy atom. The Bertz CT molecular complexity index is 402. The first-order chi connectivity index (χ1) is 7.86. The van der Waals surface area contributed by atoms with Gasteiger partial charge >= 0.3 is 0 Å². The quantitative estimate of drug-likeness (QED) is 0.799. The first-order valence-corrected chi connectivity index (χ1v) is 5.80. The second kappa shape index (κ2) is 5.43. The Morgan fingerprint density at radius 3 is 2.53 bits per heavy atom. The van der Waals surface area contributed by atoms with Gasteiger partial charge in [0, 0.05) is 12.2 Å². The van der Waals surface area contributed by atoms with Crippen LogP contribution in [0.15, 0.2) is 18.2 Å². The zero-order chi connectivity index (χ0) is 13.1. The Balaban J connectivity index is 2.93. The van der Waals surface area contributed by atoms with Crippen LogP contribution >= 0.6 is 0 Å². The van der Waals surface area contributed by atoms with E-state index in [-0.39, 0.29) is 5.78 Å². The number of ketones is 1. The van der Waals surface area contributed by atoms with Gasteiger partial charge in [-0.3, -0.25) is 4.79 Å². The number of hydrogen-bond donors (Lipinski definition) is 1. The van der Waals surface area contributed by atoms with Gasteiger partial charge in [-0.15, -0.1) is 0 Å². The second-order valence-electron chi connectivity index (χ2n) is 4.67. The molecule has 1 aromatic carbocycles. The van der Waals surface area contributed by atoms with Crippen LogP contribution in [0.2, 0.25) is 0 Å². The Labute approximate surface area is 102 Å². The predicted molar refractivity (Wildman–Crippen MR) is 67.1 cm³/mol. The largest absolute Gasteiger partial charge is 0.382 e. The van der Waals surface area contributed by atoms with Crippen molar-refractivity contribution in [2.75, 3.05) is 6.61 Å². The lowest BCUT2D eigenvalue weighted by molar-refractivity contribution is 0.0488. The molecule has 0 amide bonds. The fraction of sp³-hybridized carbons (Fsp3) is 0.500. The average molecular weight is 236 g/mol. The standard InChI is InChI=1S/C14H20O3/c1-5-17-9-12-7-6-11(8-10(12)2)13(15)14(3,4)16/h6-8,16H,5,9H2,1-4H3. The molecule has 0 radical (unpaired) electrons. The minimum absolute atomic E-state index is 0.261. The summed E-state index contributed by atoms with van der Waals surface area (Å²) in [5.41, 5.74) is 1.29. The van der Waals surface area contributed by atoms with Gasteiger partial charge in [0.2, 0.25) is 0 Å². The lowest BCUT2D eigenvalue weighted by Gasteiger charge is -2.16. The third-order valence-electron chi connectivity index (χ3n) is 2.62. The normalized spacial score (nSPS) is 11.6. The van der Waals surface area contributed by atoms with Crippen LogP contribution in [-0.4, -0.2) is 23.1 Å². The van der Waals surface area contributed by atoms with Crippen LogP contribution in [0.1, 0.15) is 42.3 Å². The topological polar surface area (TPSA) is 46.5 Å². The van der Waals surface area contributed by atoms with E-state index in [0.717, 1.165) is 11.1 Å². The van der Waals surface area contributed by atoms with E-state index in [1.54, 1.807) is 12.1 Å². The van der Waals surface area contributed by atoms with E-state index in [2.05, 4.69) is 0 Å². The van der Waals surface area contributed by atoms with Crippen LogP contribution < -0.4 is 0 Å². The van der Waals surface area contributed by atoms with Crippen molar-refractivity contribution in [3.63, 3.8) is 0 Å². The van der Waals surface area contributed by atoms with Crippen LogP contribution in [0.25, 0.3) is 0 Å². The number of Topliss-reactive ketones (excluding diaryl/α,β-unsaturated/α-hetero) is 1. The molecule has 0 aliphatic rings. The van der Waals surface area contributed by atoms with Gasteiger partial charge in [0.05, 0.1) is 6.61 Å². The fourth-order valence-corrected chi connectivity index (χ4v) is 1.56. The summed E-state index contributed by atoms with van der Waals surface area (Å²) >= 11 is 0. The molecule has 0 aromatic heterocycles. The summed E-state index contributed by atoms with van der Waals surface area (Å²) in [6.07, 6.45) is 0. The monoisotopic (exact) mass is 236 g/mol. The van der Waals surface area contributed by atoms with Crippen molar-refractivity contribution in [3.8, 4) is 0 Å². The number of aliphatic hydroxyl groups is 1. The van der Waals surface area contributed by atoms with Crippen LogP contribution in [0.3, 0.4) is 0 Å². The van der Waals surface area contributed by atoms with Crippen molar-refractivity contribution in [3.05, 3.63) is 34.9 Å². The third-order valence-corrected chi connectivity index (χ3v) is 2.62. The molecular weight excluding hydrogens is 216 g/mol. The molecule has 0 fully saturated rings. The molecule has 0 spiro atoms. The van der Waals surface area contributed by atoms with Crippen molar-refractivity contribution < 1.29 is 14.6 Å². The lowest BCUT2D eigenvalue weighted by atomic mass is 9.94. The van der Waals surface area contributed by atoms with Gasteiger partial charge in [-0.05, 0) is 44.9 Å². The van der Waals surface area contributed by atoms with Gasteiger partial charge in [0.1, 0.15) is 5.60 Å². The van der Waals surface area contributed by atoms with E-state index in [9.17, 15) is 9.90 Å². The first kappa shape index (κ1) is 13.9. The van der Waals surface area contributed by atoms with E-state index >= 15 is 0 Å². The zero-order valence-corrected chi connectivity index (χ0v) is 10.9. The average Bonchev–Trinajstić information content (AvgIpc) is 2.25. The summed E-state index contributed by atoms with van der Waals surface area (Å²) in [6.45, 7) is 8.11. The highest BCUT2D eigenvalue weighted by Crippen LogP contribution is 2.17. The Hall–Kier alpha value is -1.19. The second-order valence-corrected chi connectivity index (χ2v) is 4.67. The van der Waals surface area contributed by atoms with Gasteiger partial charge < -0.3 is 9.84 Å². The molecule has 0 saturated carbocycles. The van der Waals surface area contributed by atoms with E-state index < -0.39 is 5.60 Å². The van der Waals surface area contributed by atoms with Gasteiger partial charge in [-0.2, -0.15) is 0 Å². The Morgan fingerprint density at radius 1 is 1.41 bits per heavy atom. The smallest absolute Gasteiger partial charge is 0.193 e. The van der Waals surface area contributed by atoms with E-state index in [4.69, 9.17) is 4.74 Å². The molecule has 17 heavy (non-hydrogen) atoms. The molecule has 1 rings (SSSR count). The summed E-state index contributed by atoms with van der Waals surface area (Å²) in [5.74, 6) is -0.261. The van der Waals surface area contributed by atoms with Crippen LogP contribution in [0.5, 0.6) is 0 Å². The highest BCUT2D eigenvalue weighted by atomic mass is 16.5. The van der Waals surface area contributed by atoms with E-state index in [1.807, 2.05) is 19.9 Å². The molecule has 0 saturated heterocycles. The Kier molecular flexibility index (Phi) is 4.43. The minimum Gasteiger partial charge on any atom is -0.382 e. The molecule has 0 bridgehead atoms. The number of hydrogen-bond acceptors (Lipinski definition) is 3. The summed E-state index contributed by atoms with van der Waals surface area (Å²) in [5, 5.41) is 9.67. The van der Waals surface area contributed by atoms with Crippen molar-refractivity contribution >= 4 is 5.78 Å². The maximum Gasteiger partial charge on any atom is 0.193 e. The molecule has 0 atom stereocenters. The first-order valence-electron chi connectivity index (χ1n) is 5.80. The van der Waals surface area contributed by atoms with Crippen LogP contribution in [0, 0.1) is 6.92 Å². The highest BCUT2D eigenvalue weighted by molar-refractivity contribution is 6.01. The lowest BCUT2D eigenvalue weighted by Crippen LogP contribution is -2.31. The number of rotatable bonds is 5. The summed E-state index contributed by atoms with van der Waals surface area (Å²) in [7, 11) is 0. The number of carbonyl (C=O) groups is 1. The summed E-state index contributed by atoms with van der Waals surface area (Å²) in [6, 6.07) is 5.42. The molecule has 94 valence electrons. The van der Waals surface area contributed by atoms with Crippen molar-refractivity contribution in [2.45, 2.75) is 39.9 Å². The number of aryl methyl sites for hydroxylation is 1. The summed E-state index contributed by atoms with van der Waals surface area (Å²) in [4.78, 5) is 11.9. The molecule has 3 nitrogen and oxygen atoms in total. The molecule has 0 aliphatic carbocycles.